The fraction of sp³-hybridized carbons (Fsp3) is 0.800. The zero-order valence-corrected chi connectivity index (χ0v) is 14.6. The van der Waals surface area contributed by atoms with Gasteiger partial charge in [-0.2, -0.15) is 5.10 Å². The summed E-state index contributed by atoms with van der Waals surface area (Å²) >= 11 is 0. The van der Waals surface area contributed by atoms with Crippen LogP contribution < -0.4 is 5.46 Å². The minimum atomic E-state index is -0.330. The summed E-state index contributed by atoms with van der Waals surface area (Å²) in [5.41, 5.74) is 2.56. The lowest BCUT2D eigenvalue weighted by atomic mass is 9.77. The molecule has 0 unspecified atom stereocenters. The van der Waals surface area contributed by atoms with Crippen molar-refractivity contribution < 1.29 is 9.31 Å². The molecule has 1 fully saturated rings. The molecule has 1 aromatic rings. The molecule has 1 aromatic heterocycles. The van der Waals surface area contributed by atoms with Crippen LogP contribution in [0.1, 0.15) is 39.1 Å². The van der Waals surface area contributed by atoms with Crippen LogP contribution in [0.4, 0.5) is 0 Å². The molecule has 0 saturated carbocycles. The lowest BCUT2D eigenvalue weighted by Gasteiger charge is -2.32. The molecule has 0 atom stereocenters. The molecule has 1 aliphatic heterocycles. The highest BCUT2D eigenvalue weighted by molar-refractivity contribution is 6.63. The van der Waals surface area contributed by atoms with Gasteiger partial charge >= 0.3 is 7.12 Å². The SMILES string of the molecule is Cc1nn(CCN(C)C)c(C)c1B1OC(C)(C)C(C)(C)O1. The monoisotopic (exact) mass is 293 g/mol. The smallest absolute Gasteiger partial charge is 0.399 e. The number of hydrogen-bond acceptors (Lipinski definition) is 4. The van der Waals surface area contributed by atoms with Crippen LogP contribution in [0, 0.1) is 13.8 Å². The molecule has 0 amide bonds. The van der Waals surface area contributed by atoms with Crippen LogP contribution >= 0.6 is 0 Å². The number of aryl methyl sites for hydroxylation is 1. The average Bonchev–Trinajstić information content (AvgIpc) is 2.70. The molecule has 0 bridgehead atoms. The third-order valence-electron chi connectivity index (χ3n) is 4.69. The molecule has 1 aliphatic rings. The quantitative estimate of drug-likeness (QED) is 0.786. The van der Waals surface area contributed by atoms with Gasteiger partial charge in [0.05, 0.1) is 23.4 Å². The van der Waals surface area contributed by atoms with E-state index in [0.29, 0.717) is 0 Å². The van der Waals surface area contributed by atoms with Gasteiger partial charge < -0.3 is 14.2 Å². The van der Waals surface area contributed by atoms with Gasteiger partial charge in [-0.15, -0.1) is 0 Å². The van der Waals surface area contributed by atoms with Crippen molar-refractivity contribution in [3.05, 3.63) is 11.4 Å². The number of hydrogen-bond donors (Lipinski definition) is 0. The second kappa shape index (κ2) is 5.41. The zero-order chi connectivity index (χ0) is 16.0. The standard InChI is InChI=1S/C15H28BN3O2/c1-11-13(12(2)19(17-11)10-9-18(7)8)16-20-14(3,4)15(5,6)21-16/h9-10H2,1-8H3. The van der Waals surface area contributed by atoms with Gasteiger partial charge in [-0.25, -0.2) is 0 Å². The number of nitrogens with zero attached hydrogens (tertiary/aromatic N) is 3. The summed E-state index contributed by atoms with van der Waals surface area (Å²) in [6, 6.07) is 0. The molecule has 0 radical (unpaired) electrons. The molecule has 0 N–H and O–H groups in total. The Labute approximate surface area is 128 Å². The number of aromatic nitrogens is 2. The predicted molar refractivity (Wildman–Crippen MR) is 86.0 cm³/mol. The third-order valence-corrected chi connectivity index (χ3v) is 4.69. The van der Waals surface area contributed by atoms with Crippen LogP contribution in [0.5, 0.6) is 0 Å². The van der Waals surface area contributed by atoms with E-state index in [-0.39, 0.29) is 18.3 Å². The van der Waals surface area contributed by atoms with E-state index in [4.69, 9.17) is 9.31 Å². The van der Waals surface area contributed by atoms with Gasteiger partial charge in [0, 0.05) is 17.7 Å². The van der Waals surface area contributed by atoms with Crippen LogP contribution in [0.25, 0.3) is 0 Å². The van der Waals surface area contributed by atoms with Crippen molar-refractivity contribution in [3.63, 3.8) is 0 Å². The van der Waals surface area contributed by atoms with Crippen LogP contribution in [0.2, 0.25) is 0 Å². The molecule has 21 heavy (non-hydrogen) atoms. The first-order valence-corrected chi connectivity index (χ1v) is 7.59. The first kappa shape index (κ1) is 16.5. The van der Waals surface area contributed by atoms with Crippen LogP contribution in [0.3, 0.4) is 0 Å². The molecular formula is C15H28BN3O2. The van der Waals surface area contributed by atoms with Crippen molar-refractivity contribution in [1.29, 1.82) is 0 Å². The summed E-state index contributed by atoms with van der Waals surface area (Å²) in [7, 11) is 3.81. The average molecular weight is 293 g/mol. The zero-order valence-electron chi connectivity index (χ0n) is 14.6. The van der Waals surface area contributed by atoms with Crippen molar-refractivity contribution in [1.82, 2.24) is 14.7 Å². The molecule has 0 aromatic carbocycles. The van der Waals surface area contributed by atoms with E-state index >= 15 is 0 Å². The Bertz CT molecular complexity index is 507. The summed E-state index contributed by atoms with van der Waals surface area (Å²) in [5, 5.41) is 4.65. The van der Waals surface area contributed by atoms with Gasteiger partial charge in [-0.1, -0.05) is 0 Å². The van der Waals surface area contributed by atoms with Gasteiger partial charge in [0.15, 0.2) is 0 Å². The Morgan fingerprint density at radius 3 is 2.10 bits per heavy atom. The lowest BCUT2D eigenvalue weighted by molar-refractivity contribution is 0.00578. The highest BCUT2D eigenvalue weighted by Gasteiger charge is 2.53. The second-order valence-corrected chi connectivity index (χ2v) is 7.20. The summed E-state index contributed by atoms with van der Waals surface area (Å²) < 4.78 is 14.4. The first-order chi connectivity index (χ1) is 9.55. The molecule has 6 heteroatoms. The van der Waals surface area contributed by atoms with E-state index < -0.39 is 0 Å². The maximum atomic E-state index is 6.16. The van der Waals surface area contributed by atoms with Crippen molar-refractivity contribution in [2.24, 2.45) is 0 Å². The maximum absolute atomic E-state index is 6.16. The second-order valence-electron chi connectivity index (χ2n) is 7.20. The van der Waals surface area contributed by atoms with Crippen LogP contribution in [-0.2, 0) is 15.9 Å². The van der Waals surface area contributed by atoms with E-state index in [2.05, 4.69) is 63.4 Å². The molecule has 118 valence electrons. The van der Waals surface area contributed by atoms with Gasteiger partial charge in [-0.3, -0.25) is 4.68 Å². The summed E-state index contributed by atoms with van der Waals surface area (Å²) in [4.78, 5) is 2.16. The van der Waals surface area contributed by atoms with Crippen molar-refractivity contribution in [2.45, 2.75) is 59.3 Å². The first-order valence-electron chi connectivity index (χ1n) is 7.59. The van der Waals surface area contributed by atoms with Gasteiger partial charge in [0.1, 0.15) is 0 Å². The van der Waals surface area contributed by atoms with E-state index in [0.717, 1.165) is 29.9 Å². The molecular weight excluding hydrogens is 265 g/mol. The van der Waals surface area contributed by atoms with Crippen LogP contribution in [-0.4, -0.2) is 53.6 Å². The lowest BCUT2D eigenvalue weighted by Crippen LogP contribution is -2.41. The Balaban J connectivity index is 2.26. The molecule has 0 aliphatic carbocycles. The van der Waals surface area contributed by atoms with E-state index in [1.54, 1.807) is 0 Å². The van der Waals surface area contributed by atoms with E-state index in [1.807, 2.05) is 6.92 Å². The largest absolute Gasteiger partial charge is 0.498 e. The molecule has 2 rings (SSSR count). The highest BCUT2D eigenvalue weighted by atomic mass is 16.7. The number of likely N-dealkylation sites (N-methyl/N-ethyl adjacent to an activating group) is 1. The van der Waals surface area contributed by atoms with Gasteiger partial charge in [-0.05, 0) is 55.6 Å². The third kappa shape index (κ3) is 3.03. The Hall–Kier alpha value is -0.845. The van der Waals surface area contributed by atoms with Crippen molar-refractivity contribution in [2.75, 3.05) is 20.6 Å². The van der Waals surface area contributed by atoms with Crippen molar-refractivity contribution in [3.8, 4) is 0 Å². The summed E-state index contributed by atoms with van der Waals surface area (Å²) in [6.45, 7) is 14.3. The minimum Gasteiger partial charge on any atom is -0.399 e. The maximum Gasteiger partial charge on any atom is 0.498 e. The van der Waals surface area contributed by atoms with E-state index in [1.165, 1.54) is 0 Å². The summed E-state index contributed by atoms with van der Waals surface area (Å²) in [6.07, 6.45) is 0. The Morgan fingerprint density at radius 2 is 1.62 bits per heavy atom. The fourth-order valence-electron chi connectivity index (χ4n) is 2.53. The van der Waals surface area contributed by atoms with Crippen molar-refractivity contribution >= 4 is 12.6 Å². The minimum absolute atomic E-state index is 0.317. The molecule has 1 saturated heterocycles. The summed E-state index contributed by atoms with van der Waals surface area (Å²) in [5.74, 6) is 0. The Kier molecular flexibility index (Phi) is 4.26. The van der Waals surface area contributed by atoms with Gasteiger partial charge in [0.2, 0.25) is 0 Å². The van der Waals surface area contributed by atoms with Crippen LogP contribution in [0.15, 0.2) is 0 Å². The molecule has 0 spiro atoms. The molecule has 5 nitrogen and oxygen atoms in total. The fourth-order valence-corrected chi connectivity index (χ4v) is 2.53. The Morgan fingerprint density at radius 1 is 1.10 bits per heavy atom. The topological polar surface area (TPSA) is 39.5 Å². The predicted octanol–water partition coefficient (Wildman–Crippen LogP) is 1.36. The highest BCUT2D eigenvalue weighted by Crippen LogP contribution is 2.36. The molecule has 2 heterocycles. The van der Waals surface area contributed by atoms with E-state index in [9.17, 15) is 0 Å². The number of rotatable bonds is 4. The normalized spacial score (nSPS) is 20.5. The van der Waals surface area contributed by atoms with Gasteiger partial charge in [0.25, 0.3) is 0 Å².